The monoisotopic (exact) mass is 194 g/mol. The predicted molar refractivity (Wildman–Crippen MR) is 53.7 cm³/mol. The standard InChI is InChI=1S/C11H14O3/c1-3-13-8-14-11-6-9(2)4-5-10(11)7-12/h4-7H,3,8H2,1-2H3. The highest BCUT2D eigenvalue weighted by Crippen LogP contribution is 2.18. The molecule has 1 rings (SSSR count). The molecule has 0 saturated carbocycles. The van der Waals surface area contributed by atoms with Gasteiger partial charge < -0.3 is 9.47 Å². The van der Waals surface area contributed by atoms with Crippen LogP contribution in [0.1, 0.15) is 22.8 Å². The van der Waals surface area contributed by atoms with Gasteiger partial charge in [0.05, 0.1) is 5.56 Å². The second-order valence-corrected chi connectivity index (χ2v) is 2.91. The van der Waals surface area contributed by atoms with Crippen LogP contribution in [0.25, 0.3) is 0 Å². The first kappa shape index (κ1) is 10.7. The van der Waals surface area contributed by atoms with Crippen LogP contribution in [0.5, 0.6) is 5.75 Å². The van der Waals surface area contributed by atoms with Crippen LogP contribution in [0.4, 0.5) is 0 Å². The van der Waals surface area contributed by atoms with E-state index in [4.69, 9.17) is 9.47 Å². The van der Waals surface area contributed by atoms with E-state index < -0.39 is 0 Å². The summed E-state index contributed by atoms with van der Waals surface area (Å²) in [5, 5.41) is 0. The first-order chi connectivity index (χ1) is 6.77. The zero-order valence-electron chi connectivity index (χ0n) is 8.45. The van der Waals surface area contributed by atoms with E-state index in [-0.39, 0.29) is 6.79 Å². The molecule has 0 N–H and O–H groups in total. The van der Waals surface area contributed by atoms with Crippen molar-refractivity contribution in [2.75, 3.05) is 13.4 Å². The molecule has 0 unspecified atom stereocenters. The van der Waals surface area contributed by atoms with Crippen LogP contribution in [0.3, 0.4) is 0 Å². The first-order valence-electron chi connectivity index (χ1n) is 4.54. The Balaban J connectivity index is 2.72. The maximum Gasteiger partial charge on any atom is 0.189 e. The summed E-state index contributed by atoms with van der Waals surface area (Å²) in [6.07, 6.45) is 0.778. The van der Waals surface area contributed by atoms with Gasteiger partial charge in [-0.15, -0.1) is 0 Å². The van der Waals surface area contributed by atoms with E-state index in [1.807, 2.05) is 26.0 Å². The lowest BCUT2D eigenvalue weighted by Gasteiger charge is -2.08. The number of hydrogen-bond donors (Lipinski definition) is 0. The van der Waals surface area contributed by atoms with Crippen molar-refractivity contribution in [1.82, 2.24) is 0 Å². The molecule has 0 saturated heterocycles. The van der Waals surface area contributed by atoms with Crippen molar-refractivity contribution in [3.05, 3.63) is 29.3 Å². The van der Waals surface area contributed by atoms with Gasteiger partial charge in [0.25, 0.3) is 0 Å². The summed E-state index contributed by atoms with van der Waals surface area (Å²) in [5.41, 5.74) is 1.61. The molecule has 3 nitrogen and oxygen atoms in total. The van der Waals surface area contributed by atoms with Crippen molar-refractivity contribution in [3.63, 3.8) is 0 Å². The lowest BCUT2D eigenvalue weighted by atomic mass is 10.1. The van der Waals surface area contributed by atoms with Gasteiger partial charge in [-0.2, -0.15) is 0 Å². The molecule has 0 aliphatic carbocycles. The summed E-state index contributed by atoms with van der Waals surface area (Å²) in [4.78, 5) is 10.7. The summed E-state index contributed by atoms with van der Waals surface area (Å²) in [6, 6.07) is 5.43. The van der Waals surface area contributed by atoms with E-state index in [0.717, 1.165) is 11.8 Å². The normalized spacial score (nSPS) is 9.86. The number of benzene rings is 1. The minimum absolute atomic E-state index is 0.181. The van der Waals surface area contributed by atoms with Gasteiger partial charge in [-0.1, -0.05) is 6.07 Å². The van der Waals surface area contributed by atoms with E-state index in [1.165, 1.54) is 0 Å². The van der Waals surface area contributed by atoms with E-state index in [0.29, 0.717) is 17.9 Å². The van der Waals surface area contributed by atoms with E-state index in [2.05, 4.69) is 0 Å². The number of aldehydes is 1. The highest BCUT2D eigenvalue weighted by atomic mass is 16.7. The molecule has 0 bridgehead atoms. The lowest BCUT2D eigenvalue weighted by molar-refractivity contribution is 0.0220. The number of rotatable bonds is 5. The van der Waals surface area contributed by atoms with Gasteiger partial charge in [-0.3, -0.25) is 4.79 Å². The Morgan fingerprint density at radius 1 is 1.43 bits per heavy atom. The fraction of sp³-hybridized carbons (Fsp3) is 0.364. The van der Waals surface area contributed by atoms with Crippen molar-refractivity contribution in [2.24, 2.45) is 0 Å². The molecule has 0 amide bonds. The Labute approximate surface area is 83.6 Å². The molecule has 1 aromatic rings. The topological polar surface area (TPSA) is 35.5 Å². The fourth-order valence-electron chi connectivity index (χ4n) is 1.05. The maximum absolute atomic E-state index is 10.7. The van der Waals surface area contributed by atoms with E-state index in [9.17, 15) is 4.79 Å². The summed E-state index contributed by atoms with van der Waals surface area (Å²) in [6.45, 7) is 4.62. The smallest absolute Gasteiger partial charge is 0.189 e. The van der Waals surface area contributed by atoms with Crippen molar-refractivity contribution >= 4 is 6.29 Å². The maximum atomic E-state index is 10.7. The highest BCUT2D eigenvalue weighted by Gasteiger charge is 2.02. The third-order valence-corrected chi connectivity index (χ3v) is 1.80. The Morgan fingerprint density at radius 2 is 2.21 bits per heavy atom. The number of carbonyl (C=O) groups is 1. The van der Waals surface area contributed by atoms with Gasteiger partial charge in [0.15, 0.2) is 13.1 Å². The molecule has 0 atom stereocenters. The molecule has 0 aromatic heterocycles. The molecule has 0 aliphatic rings. The van der Waals surface area contributed by atoms with Crippen molar-refractivity contribution < 1.29 is 14.3 Å². The summed E-state index contributed by atoms with van der Waals surface area (Å²) >= 11 is 0. The minimum Gasteiger partial charge on any atom is -0.467 e. The van der Waals surface area contributed by atoms with E-state index >= 15 is 0 Å². The molecular weight excluding hydrogens is 180 g/mol. The summed E-state index contributed by atoms with van der Waals surface area (Å²) in [7, 11) is 0. The zero-order chi connectivity index (χ0) is 10.4. The van der Waals surface area contributed by atoms with Crippen LogP contribution in [0.2, 0.25) is 0 Å². The predicted octanol–water partition coefficient (Wildman–Crippen LogP) is 2.18. The molecule has 0 radical (unpaired) electrons. The average Bonchev–Trinajstić information content (AvgIpc) is 2.19. The Bertz CT molecular complexity index is 307. The fourth-order valence-corrected chi connectivity index (χ4v) is 1.05. The molecule has 76 valence electrons. The highest BCUT2D eigenvalue weighted by molar-refractivity contribution is 5.79. The number of carbonyl (C=O) groups excluding carboxylic acids is 1. The third kappa shape index (κ3) is 2.85. The van der Waals surface area contributed by atoms with Crippen LogP contribution in [0.15, 0.2) is 18.2 Å². The number of ether oxygens (including phenoxy) is 2. The molecule has 0 fully saturated rings. The SMILES string of the molecule is CCOCOc1cc(C)ccc1C=O. The van der Waals surface area contributed by atoms with Crippen LogP contribution >= 0.6 is 0 Å². The number of hydrogen-bond acceptors (Lipinski definition) is 3. The summed E-state index contributed by atoms with van der Waals surface area (Å²) < 4.78 is 10.3. The molecule has 3 heteroatoms. The van der Waals surface area contributed by atoms with Gasteiger partial charge in [0, 0.05) is 6.61 Å². The molecule has 14 heavy (non-hydrogen) atoms. The van der Waals surface area contributed by atoms with Gasteiger partial charge in [-0.25, -0.2) is 0 Å². The first-order valence-corrected chi connectivity index (χ1v) is 4.54. The van der Waals surface area contributed by atoms with Crippen molar-refractivity contribution in [3.8, 4) is 5.75 Å². The van der Waals surface area contributed by atoms with Crippen molar-refractivity contribution in [1.29, 1.82) is 0 Å². The molecule has 0 spiro atoms. The quantitative estimate of drug-likeness (QED) is 0.409. The molecular formula is C11H14O3. The van der Waals surface area contributed by atoms with E-state index in [1.54, 1.807) is 6.07 Å². The minimum atomic E-state index is 0.181. The Kier molecular flexibility index (Phi) is 4.13. The van der Waals surface area contributed by atoms with Gasteiger partial charge in [-0.05, 0) is 31.5 Å². The van der Waals surface area contributed by atoms with Gasteiger partial charge in [0.1, 0.15) is 5.75 Å². The van der Waals surface area contributed by atoms with Crippen LogP contribution in [0, 0.1) is 6.92 Å². The second kappa shape index (κ2) is 5.40. The number of aryl methyl sites for hydroxylation is 1. The van der Waals surface area contributed by atoms with Crippen molar-refractivity contribution in [2.45, 2.75) is 13.8 Å². The largest absolute Gasteiger partial charge is 0.467 e. The average molecular weight is 194 g/mol. The lowest BCUT2D eigenvalue weighted by Crippen LogP contribution is -2.04. The molecule has 0 heterocycles. The Morgan fingerprint density at radius 3 is 2.86 bits per heavy atom. The summed E-state index contributed by atoms with van der Waals surface area (Å²) in [5.74, 6) is 0.577. The zero-order valence-corrected chi connectivity index (χ0v) is 8.45. The third-order valence-electron chi connectivity index (χ3n) is 1.80. The van der Waals surface area contributed by atoms with Gasteiger partial charge >= 0.3 is 0 Å². The van der Waals surface area contributed by atoms with Gasteiger partial charge in [0.2, 0.25) is 0 Å². The Hall–Kier alpha value is -1.35. The second-order valence-electron chi connectivity index (χ2n) is 2.91. The van der Waals surface area contributed by atoms with Crippen LogP contribution in [-0.2, 0) is 4.74 Å². The van der Waals surface area contributed by atoms with Crippen LogP contribution < -0.4 is 4.74 Å². The molecule has 0 aliphatic heterocycles. The molecule has 1 aromatic carbocycles. The van der Waals surface area contributed by atoms with Crippen LogP contribution in [-0.4, -0.2) is 19.7 Å².